The monoisotopic (exact) mass is 374 g/mol. The molecule has 0 radical (unpaired) electrons. The maximum atomic E-state index is 12.9. The van der Waals surface area contributed by atoms with E-state index in [9.17, 15) is 14.0 Å². The smallest absolute Gasteiger partial charge is 0.256 e. The van der Waals surface area contributed by atoms with Crippen LogP contribution in [0.15, 0.2) is 41.4 Å². The van der Waals surface area contributed by atoms with Gasteiger partial charge in [-0.15, -0.1) is 22.0 Å². The zero-order valence-electron chi connectivity index (χ0n) is 14.1. The van der Waals surface area contributed by atoms with Crippen molar-refractivity contribution in [1.82, 2.24) is 15.5 Å². The van der Waals surface area contributed by atoms with Gasteiger partial charge in [0.2, 0.25) is 5.91 Å². The molecule has 0 aliphatic heterocycles. The Balaban J connectivity index is 1.40. The average Bonchev–Trinajstić information content (AvgIpc) is 3.44. The highest BCUT2D eigenvalue weighted by Gasteiger charge is 2.22. The van der Waals surface area contributed by atoms with Gasteiger partial charge in [0.1, 0.15) is 10.8 Å². The van der Waals surface area contributed by atoms with Crippen LogP contribution in [0.5, 0.6) is 0 Å². The molecule has 3 rings (SSSR count). The number of nitrogens with zero attached hydrogens (tertiary/aromatic N) is 2. The van der Waals surface area contributed by atoms with Crippen LogP contribution in [0.1, 0.15) is 36.0 Å². The van der Waals surface area contributed by atoms with Crippen LogP contribution in [0.2, 0.25) is 0 Å². The zero-order chi connectivity index (χ0) is 18.4. The lowest BCUT2D eigenvalue weighted by atomic mass is 10.2. The summed E-state index contributed by atoms with van der Waals surface area (Å²) < 4.78 is 12.9. The van der Waals surface area contributed by atoms with E-state index in [-0.39, 0.29) is 11.8 Å². The van der Waals surface area contributed by atoms with E-state index in [4.69, 9.17) is 0 Å². The SMILES string of the molecule is O=C(CCCSc1ccc(NC(=O)c2ccc(F)cc2)nn1)NC1CC1. The number of rotatable bonds is 8. The van der Waals surface area contributed by atoms with Gasteiger partial charge < -0.3 is 10.6 Å². The Morgan fingerprint density at radius 1 is 1.12 bits per heavy atom. The van der Waals surface area contributed by atoms with Crippen LogP contribution in [0, 0.1) is 5.82 Å². The molecule has 1 saturated carbocycles. The number of hydrogen-bond acceptors (Lipinski definition) is 5. The summed E-state index contributed by atoms with van der Waals surface area (Å²) in [6.45, 7) is 0. The molecule has 1 aromatic carbocycles. The highest BCUT2D eigenvalue weighted by Crippen LogP contribution is 2.20. The van der Waals surface area contributed by atoms with Crippen LogP contribution in [-0.4, -0.2) is 33.8 Å². The second-order valence-electron chi connectivity index (χ2n) is 6.01. The third-order valence-corrected chi connectivity index (χ3v) is 4.73. The predicted molar refractivity (Wildman–Crippen MR) is 97.5 cm³/mol. The van der Waals surface area contributed by atoms with Crippen molar-refractivity contribution in [3.8, 4) is 0 Å². The van der Waals surface area contributed by atoms with Crippen LogP contribution in [0.3, 0.4) is 0 Å². The Morgan fingerprint density at radius 2 is 1.88 bits per heavy atom. The van der Waals surface area contributed by atoms with E-state index in [0.29, 0.717) is 23.8 Å². The molecular formula is C18H19FN4O2S. The summed E-state index contributed by atoms with van der Waals surface area (Å²) in [6.07, 6.45) is 3.48. The Kier molecular flexibility index (Phi) is 6.17. The Labute approximate surface area is 155 Å². The van der Waals surface area contributed by atoms with Crippen molar-refractivity contribution in [1.29, 1.82) is 0 Å². The van der Waals surface area contributed by atoms with E-state index in [1.165, 1.54) is 36.0 Å². The molecule has 2 N–H and O–H groups in total. The maximum absolute atomic E-state index is 12.9. The van der Waals surface area contributed by atoms with Crippen LogP contribution >= 0.6 is 11.8 Å². The fourth-order valence-corrected chi connectivity index (χ4v) is 2.95. The summed E-state index contributed by atoms with van der Waals surface area (Å²) in [5.41, 5.74) is 0.344. The number of nitrogens with one attached hydrogen (secondary N) is 2. The van der Waals surface area contributed by atoms with Gasteiger partial charge in [0.05, 0.1) is 0 Å². The van der Waals surface area contributed by atoms with Gasteiger partial charge in [-0.25, -0.2) is 4.39 Å². The van der Waals surface area contributed by atoms with Gasteiger partial charge in [-0.05, 0) is 55.7 Å². The Morgan fingerprint density at radius 3 is 2.54 bits per heavy atom. The fourth-order valence-electron chi connectivity index (χ4n) is 2.19. The predicted octanol–water partition coefficient (Wildman–Crippen LogP) is 3.02. The summed E-state index contributed by atoms with van der Waals surface area (Å²) in [5.74, 6) is 0.438. The molecule has 1 aliphatic carbocycles. The third-order valence-electron chi connectivity index (χ3n) is 3.73. The molecule has 2 aromatic rings. The number of aromatic nitrogens is 2. The topological polar surface area (TPSA) is 84.0 Å². The summed E-state index contributed by atoms with van der Waals surface area (Å²) in [6, 6.07) is 9.09. The third kappa shape index (κ3) is 5.80. The highest BCUT2D eigenvalue weighted by molar-refractivity contribution is 7.99. The number of hydrogen-bond donors (Lipinski definition) is 2. The molecule has 0 bridgehead atoms. The van der Waals surface area contributed by atoms with Crippen molar-refractivity contribution in [2.45, 2.75) is 36.8 Å². The van der Waals surface area contributed by atoms with Crippen molar-refractivity contribution in [3.63, 3.8) is 0 Å². The van der Waals surface area contributed by atoms with E-state index in [1.54, 1.807) is 12.1 Å². The van der Waals surface area contributed by atoms with Crippen molar-refractivity contribution in [2.75, 3.05) is 11.1 Å². The summed E-state index contributed by atoms with van der Waals surface area (Å²) >= 11 is 1.51. The van der Waals surface area contributed by atoms with Gasteiger partial charge in [0.15, 0.2) is 5.82 Å². The first kappa shape index (κ1) is 18.3. The van der Waals surface area contributed by atoms with Crippen LogP contribution in [0.25, 0.3) is 0 Å². The highest BCUT2D eigenvalue weighted by atomic mass is 32.2. The number of thioether (sulfide) groups is 1. The lowest BCUT2D eigenvalue weighted by molar-refractivity contribution is -0.121. The first-order chi connectivity index (χ1) is 12.6. The van der Waals surface area contributed by atoms with E-state index in [2.05, 4.69) is 20.8 Å². The molecule has 0 saturated heterocycles. The number of benzene rings is 1. The lowest BCUT2D eigenvalue weighted by Gasteiger charge is -2.05. The maximum Gasteiger partial charge on any atom is 0.256 e. The van der Waals surface area contributed by atoms with Gasteiger partial charge in [0.25, 0.3) is 5.91 Å². The normalized spacial score (nSPS) is 13.3. The fraction of sp³-hybridized carbons (Fsp3) is 0.333. The minimum absolute atomic E-state index is 0.109. The molecule has 1 aromatic heterocycles. The second-order valence-corrected chi connectivity index (χ2v) is 7.13. The number of anilines is 1. The molecule has 0 spiro atoms. The van der Waals surface area contributed by atoms with Gasteiger partial charge in [0, 0.05) is 23.8 Å². The van der Waals surface area contributed by atoms with Gasteiger partial charge >= 0.3 is 0 Å². The van der Waals surface area contributed by atoms with E-state index < -0.39 is 5.82 Å². The lowest BCUT2D eigenvalue weighted by Crippen LogP contribution is -2.24. The molecule has 1 heterocycles. The first-order valence-corrected chi connectivity index (χ1v) is 9.41. The molecule has 0 atom stereocenters. The Bertz CT molecular complexity index is 764. The van der Waals surface area contributed by atoms with Crippen molar-refractivity contribution in [3.05, 3.63) is 47.8 Å². The van der Waals surface area contributed by atoms with Crippen molar-refractivity contribution in [2.24, 2.45) is 0 Å². The minimum Gasteiger partial charge on any atom is -0.353 e. The molecule has 0 unspecified atom stereocenters. The summed E-state index contributed by atoms with van der Waals surface area (Å²) in [7, 11) is 0. The van der Waals surface area contributed by atoms with E-state index >= 15 is 0 Å². The number of carbonyl (C=O) groups is 2. The number of halogens is 1. The number of amides is 2. The molecule has 26 heavy (non-hydrogen) atoms. The quantitative estimate of drug-likeness (QED) is 0.548. The van der Waals surface area contributed by atoms with E-state index in [0.717, 1.165) is 30.0 Å². The van der Waals surface area contributed by atoms with Crippen LogP contribution in [-0.2, 0) is 4.79 Å². The summed E-state index contributed by atoms with van der Waals surface area (Å²) in [4.78, 5) is 23.6. The molecule has 8 heteroatoms. The van der Waals surface area contributed by atoms with Gasteiger partial charge in [-0.3, -0.25) is 9.59 Å². The molecule has 1 aliphatic rings. The standard InChI is InChI=1S/C18H19FN4O2S/c19-13-5-3-12(4-6-13)18(25)21-15-9-10-17(23-22-15)26-11-1-2-16(24)20-14-7-8-14/h3-6,9-10,14H,1-2,7-8,11H2,(H,20,24)(H,21,22,25). The second kappa shape index (κ2) is 8.75. The molecular weight excluding hydrogens is 355 g/mol. The molecule has 6 nitrogen and oxygen atoms in total. The minimum atomic E-state index is -0.396. The van der Waals surface area contributed by atoms with E-state index in [1.807, 2.05) is 0 Å². The largest absolute Gasteiger partial charge is 0.353 e. The zero-order valence-corrected chi connectivity index (χ0v) is 14.9. The van der Waals surface area contributed by atoms with Gasteiger partial charge in [-0.2, -0.15) is 0 Å². The van der Waals surface area contributed by atoms with Crippen LogP contribution in [0.4, 0.5) is 10.2 Å². The Hall–Kier alpha value is -2.48. The number of carbonyl (C=O) groups excluding carboxylic acids is 2. The first-order valence-electron chi connectivity index (χ1n) is 8.43. The van der Waals surface area contributed by atoms with Gasteiger partial charge in [-0.1, -0.05) is 0 Å². The molecule has 136 valence electrons. The van der Waals surface area contributed by atoms with Crippen molar-refractivity contribution >= 4 is 29.4 Å². The molecule has 1 fully saturated rings. The molecule has 2 amide bonds. The average molecular weight is 374 g/mol. The van der Waals surface area contributed by atoms with Crippen molar-refractivity contribution < 1.29 is 14.0 Å². The van der Waals surface area contributed by atoms with Crippen LogP contribution < -0.4 is 10.6 Å². The summed E-state index contributed by atoms with van der Waals surface area (Å²) in [5, 5.41) is 14.3.